The van der Waals surface area contributed by atoms with Crippen LogP contribution in [0.3, 0.4) is 0 Å². The fraction of sp³-hybridized carbons (Fsp3) is 0.538. The highest BCUT2D eigenvalue weighted by atomic mass is 16.5. The van der Waals surface area contributed by atoms with Gasteiger partial charge in [0.2, 0.25) is 0 Å². The van der Waals surface area contributed by atoms with Crippen molar-refractivity contribution >= 4 is 28.8 Å². The quantitative estimate of drug-likeness (QED) is 0.521. The van der Waals surface area contributed by atoms with Crippen molar-refractivity contribution in [3.8, 4) is 0 Å². The number of anilines is 4. The smallest absolute Gasteiger partial charge is 0.252 e. The van der Waals surface area contributed by atoms with Gasteiger partial charge >= 0.3 is 0 Å². The van der Waals surface area contributed by atoms with Crippen LogP contribution in [0.15, 0.2) is 36.5 Å². The molecule has 7 rings (SSSR count). The first-order valence-corrected chi connectivity index (χ1v) is 12.4. The Balaban J connectivity index is 1.20. The molecule has 2 heterocycles. The second kappa shape index (κ2) is 8.43. The molecule has 1 amide bonds. The minimum Gasteiger partial charge on any atom is -0.390 e. The number of nitrogens with two attached hydrogens (primary N) is 1. The van der Waals surface area contributed by atoms with E-state index in [9.17, 15) is 9.90 Å². The maximum atomic E-state index is 12.1. The van der Waals surface area contributed by atoms with Crippen LogP contribution >= 0.6 is 0 Å². The number of carbonyl (C=O) groups excluding carboxylic acids is 1. The molecule has 5 aliphatic rings. The number of hydrogen-bond acceptors (Lipinski definition) is 7. The van der Waals surface area contributed by atoms with E-state index < -0.39 is 11.5 Å². The van der Waals surface area contributed by atoms with Gasteiger partial charge in [0.1, 0.15) is 5.82 Å². The van der Waals surface area contributed by atoms with E-state index in [-0.39, 0.29) is 6.04 Å². The molecular formula is C26H33N5O3. The van der Waals surface area contributed by atoms with Gasteiger partial charge in [-0.05, 0) is 74.1 Å². The number of carbonyl (C=O) groups is 1. The van der Waals surface area contributed by atoms with Gasteiger partial charge in [0.05, 0.1) is 30.1 Å². The van der Waals surface area contributed by atoms with E-state index in [1.54, 1.807) is 6.20 Å². The van der Waals surface area contributed by atoms with Gasteiger partial charge in [0.25, 0.3) is 5.91 Å². The highest BCUT2D eigenvalue weighted by molar-refractivity contribution is 5.98. The Morgan fingerprint density at radius 2 is 1.82 bits per heavy atom. The number of aliphatic hydroxyl groups is 1. The van der Waals surface area contributed by atoms with E-state index >= 15 is 0 Å². The van der Waals surface area contributed by atoms with Crippen LogP contribution < -0.4 is 21.3 Å². The van der Waals surface area contributed by atoms with Gasteiger partial charge in [-0.25, -0.2) is 4.98 Å². The number of aromatic nitrogens is 1. The number of benzene rings is 1. The molecule has 1 unspecified atom stereocenters. The Kier molecular flexibility index (Phi) is 5.37. The van der Waals surface area contributed by atoms with Gasteiger partial charge in [-0.3, -0.25) is 4.79 Å². The summed E-state index contributed by atoms with van der Waals surface area (Å²) >= 11 is 0. The maximum absolute atomic E-state index is 12.1. The molecule has 1 saturated heterocycles. The van der Waals surface area contributed by atoms with E-state index in [1.807, 2.05) is 18.2 Å². The molecule has 180 valence electrons. The summed E-state index contributed by atoms with van der Waals surface area (Å²) in [5.74, 6) is 1.66. The topological polar surface area (TPSA) is 113 Å². The standard InChI is InChI=1S/C26H33N5O3/c27-25(32)21-15-28-23(29-19-1-3-20(4-2-19)31-5-7-34-8-6-31)11-22(21)30-24-17-9-16-10-18(24)14-26(33,12-16)13-17/h1-4,11,15-18,24,33H,5-10,12-14H2,(H2,27,32)(H2,28,29,30)/t16?,17-,18+,24+,26-. The lowest BCUT2D eigenvalue weighted by molar-refractivity contribution is -0.129. The van der Waals surface area contributed by atoms with E-state index in [0.29, 0.717) is 29.1 Å². The molecule has 2 aromatic rings. The van der Waals surface area contributed by atoms with E-state index in [4.69, 9.17) is 10.5 Å². The molecule has 1 aromatic heterocycles. The fourth-order valence-electron chi connectivity index (χ4n) is 6.96. The molecule has 5 atom stereocenters. The summed E-state index contributed by atoms with van der Waals surface area (Å²) in [5.41, 5.74) is 8.43. The zero-order valence-corrected chi connectivity index (χ0v) is 19.4. The van der Waals surface area contributed by atoms with Gasteiger partial charge in [0, 0.05) is 42.8 Å². The molecule has 8 heteroatoms. The van der Waals surface area contributed by atoms with Gasteiger partial charge in [-0.15, -0.1) is 0 Å². The van der Waals surface area contributed by atoms with Crippen LogP contribution in [-0.4, -0.2) is 53.9 Å². The summed E-state index contributed by atoms with van der Waals surface area (Å²) < 4.78 is 5.44. The Morgan fingerprint density at radius 3 is 2.47 bits per heavy atom. The lowest BCUT2D eigenvalue weighted by Gasteiger charge is -2.58. The number of amides is 1. The number of morpholine rings is 1. The SMILES string of the molecule is NC(=O)c1cnc(Nc2ccc(N3CCOCC3)cc2)cc1N[C@H]1[C@@H]2CC3C[C@H]1C[C@@](O)(C3)C2. The van der Waals surface area contributed by atoms with Crippen LogP contribution in [0.4, 0.5) is 22.9 Å². The molecule has 5 N–H and O–H groups in total. The number of primary amides is 1. The van der Waals surface area contributed by atoms with Gasteiger partial charge in [-0.2, -0.15) is 0 Å². The summed E-state index contributed by atoms with van der Waals surface area (Å²) in [6.45, 7) is 3.32. The van der Waals surface area contributed by atoms with Gasteiger partial charge in [-0.1, -0.05) is 0 Å². The molecule has 4 saturated carbocycles. The third-order valence-electron chi connectivity index (χ3n) is 8.25. The van der Waals surface area contributed by atoms with Crippen LogP contribution in [-0.2, 0) is 4.74 Å². The van der Waals surface area contributed by atoms with Crippen molar-refractivity contribution in [3.05, 3.63) is 42.1 Å². The summed E-state index contributed by atoms with van der Waals surface area (Å²) in [4.78, 5) is 18.9. The van der Waals surface area contributed by atoms with Crippen molar-refractivity contribution < 1.29 is 14.6 Å². The summed E-state index contributed by atoms with van der Waals surface area (Å²) in [5, 5.41) is 17.9. The summed E-state index contributed by atoms with van der Waals surface area (Å²) in [6, 6.07) is 10.4. The molecule has 0 spiro atoms. The number of ether oxygens (including phenoxy) is 1. The van der Waals surface area contributed by atoms with Crippen LogP contribution in [0, 0.1) is 17.8 Å². The summed E-state index contributed by atoms with van der Waals surface area (Å²) in [7, 11) is 0. The number of rotatable bonds is 6. The molecule has 4 bridgehead atoms. The van der Waals surface area contributed by atoms with Crippen molar-refractivity contribution in [2.24, 2.45) is 23.5 Å². The second-order valence-electron chi connectivity index (χ2n) is 10.6. The Hall–Kier alpha value is -2.84. The minimum absolute atomic E-state index is 0.248. The largest absolute Gasteiger partial charge is 0.390 e. The maximum Gasteiger partial charge on any atom is 0.252 e. The molecule has 1 aromatic carbocycles. The van der Waals surface area contributed by atoms with Crippen LogP contribution in [0.5, 0.6) is 0 Å². The number of pyridine rings is 1. The lowest BCUT2D eigenvalue weighted by Crippen LogP contribution is -2.59. The molecule has 34 heavy (non-hydrogen) atoms. The average Bonchev–Trinajstić information content (AvgIpc) is 2.81. The first-order valence-electron chi connectivity index (χ1n) is 12.4. The van der Waals surface area contributed by atoms with Crippen molar-refractivity contribution in [2.45, 2.75) is 43.7 Å². The van der Waals surface area contributed by atoms with Crippen molar-refractivity contribution in [2.75, 3.05) is 41.8 Å². The van der Waals surface area contributed by atoms with Gasteiger partial charge < -0.3 is 31.1 Å². The van der Waals surface area contributed by atoms with Crippen LogP contribution in [0.25, 0.3) is 0 Å². The third kappa shape index (κ3) is 4.09. The number of nitrogens with one attached hydrogen (secondary N) is 2. The predicted molar refractivity (Wildman–Crippen MR) is 131 cm³/mol. The van der Waals surface area contributed by atoms with E-state index in [0.717, 1.165) is 69.8 Å². The molecule has 0 radical (unpaired) electrons. The van der Waals surface area contributed by atoms with Crippen LogP contribution in [0.2, 0.25) is 0 Å². The van der Waals surface area contributed by atoms with Crippen molar-refractivity contribution in [1.29, 1.82) is 0 Å². The Bertz CT molecular complexity index is 1050. The minimum atomic E-state index is -0.487. The third-order valence-corrected chi connectivity index (χ3v) is 8.25. The summed E-state index contributed by atoms with van der Waals surface area (Å²) in [6.07, 6.45) is 6.48. The van der Waals surface area contributed by atoms with Crippen LogP contribution in [0.1, 0.15) is 42.5 Å². The van der Waals surface area contributed by atoms with E-state index in [1.165, 1.54) is 5.69 Å². The van der Waals surface area contributed by atoms with Crippen molar-refractivity contribution in [1.82, 2.24) is 4.98 Å². The highest BCUT2D eigenvalue weighted by Gasteiger charge is 2.54. The normalized spacial score (nSPS) is 32.0. The molecular weight excluding hydrogens is 430 g/mol. The number of nitrogens with zero attached hydrogens (tertiary/aromatic N) is 2. The zero-order chi connectivity index (χ0) is 23.3. The van der Waals surface area contributed by atoms with E-state index in [2.05, 4.69) is 32.7 Å². The first-order chi connectivity index (χ1) is 16.5. The fourth-order valence-corrected chi connectivity index (χ4v) is 6.96. The molecule has 8 nitrogen and oxygen atoms in total. The first kappa shape index (κ1) is 21.7. The molecule has 5 fully saturated rings. The molecule has 1 aliphatic heterocycles. The monoisotopic (exact) mass is 463 g/mol. The molecule has 4 aliphatic carbocycles. The highest BCUT2D eigenvalue weighted by Crippen LogP contribution is 2.56. The zero-order valence-electron chi connectivity index (χ0n) is 19.4. The number of hydrogen-bond donors (Lipinski definition) is 4. The second-order valence-corrected chi connectivity index (χ2v) is 10.6. The van der Waals surface area contributed by atoms with Gasteiger partial charge in [0.15, 0.2) is 0 Å². The Morgan fingerprint density at radius 1 is 1.12 bits per heavy atom. The van der Waals surface area contributed by atoms with Crippen molar-refractivity contribution in [3.63, 3.8) is 0 Å². The average molecular weight is 464 g/mol. The Labute approximate surface area is 199 Å². The predicted octanol–water partition coefficient (Wildman–Crippen LogP) is 3.11. The lowest BCUT2D eigenvalue weighted by atomic mass is 9.52.